The standard InChI is InChI=1S/C22H19O2P/c1-22(25,18-12-10-14-6-2-4-8-16(14)20(18)23)19-13-11-15-7-3-5-9-17(15)21(19)24/h2-13,23-24H,25H2,1H3. The van der Waals surface area contributed by atoms with Crippen LogP contribution < -0.4 is 0 Å². The van der Waals surface area contributed by atoms with Gasteiger partial charge in [-0.1, -0.05) is 72.8 Å². The van der Waals surface area contributed by atoms with Gasteiger partial charge in [-0.2, -0.15) is 0 Å². The smallest absolute Gasteiger partial charge is 0.127 e. The molecule has 2 nitrogen and oxygen atoms in total. The van der Waals surface area contributed by atoms with Gasteiger partial charge < -0.3 is 10.2 Å². The summed E-state index contributed by atoms with van der Waals surface area (Å²) >= 11 is 0. The minimum Gasteiger partial charge on any atom is -0.507 e. The second-order valence-corrected chi connectivity index (χ2v) is 7.72. The highest BCUT2D eigenvalue weighted by atomic mass is 31.0. The Labute approximate surface area is 149 Å². The van der Waals surface area contributed by atoms with Gasteiger partial charge in [0.1, 0.15) is 11.5 Å². The van der Waals surface area contributed by atoms with Crippen LogP contribution >= 0.6 is 9.24 Å². The van der Waals surface area contributed by atoms with E-state index in [-0.39, 0.29) is 11.5 Å². The van der Waals surface area contributed by atoms with Gasteiger partial charge in [0.2, 0.25) is 0 Å². The molecule has 0 saturated carbocycles. The Bertz CT molecular complexity index is 1010. The highest BCUT2D eigenvalue weighted by Crippen LogP contribution is 2.48. The van der Waals surface area contributed by atoms with E-state index in [1.54, 1.807) is 0 Å². The van der Waals surface area contributed by atoms with E-state index in [1.807, 2.05) is 79.7 Å². The quantitative estimate of drug-likeness (QED) is 0.468. The molecule has 4 aromatic carbocycles. The third-order valence-corrected chi connectivity index (χ3v) is 5.54. The van der Waals surface area contributed by atoms with Crippen molar-refractivity contribution in [2.75, 3.05) is 0 Å². The normalized spacial score (nSPS) is 11.9. The number of benzene rings is 4. The van der Waals surface area contributed by atoms with E-state index in [0.29, 0.717) is 0 Å². The number of phenols is 2. The lowest BCUT2D eigenvalue weighted by atomic mass is 9.87. The number of hydrogen-bond acceptors (Lipinski definition) is 2. The average Bonchev–Trinajstić information content (AvgIpc) is 2.62. The Morgan fingerprint density at radius 1 is 0.640 bits per heavy atom. The minimum atomic E-state index is -0.623. The first-order chi connectivity index (χ1) is 12.0. The van der Waals surface area contributed by atoms with Gasteiger partial charge in [-0.3, -0.25) is 0 Å². The molecule has 0 saturated heterocycles. The Hall–Kier alpha value is -2.57. The molecule has 2 N–H and O–H groups in total. The van der Waals surface area contributed by atoms with Gasteiger partial charge in [-0.15, -0.1) is 9.24 Å². The van der Waals surface area contributed by atoms with E-state index < -0.39 is 5.16 Å². The lowest BCUT2D eigenvalue weighted by Gasteiger charge is -2.28. The fourth-order valence-corrected chi connectivity index (χ4v) is 3.96. The maximum Gasteiger partial charge on any atom is 0.127 e. The molecule has 4 aromatic rings. The van der Waals surface area contributed by atoms with E-state index >= 15 is 0 Å². The lowest BCUT2D eigenvalue weighted by molar-refractivity contribution is 0.459. The first-order valence-electron chi connectivity index (χ1n) is 8.21. The molecule has 1 unspecified atom stereocenters. The van der Waals surface area contributed by atoms with Crippen LogP contribution in [0.25, 0.3) is 21.5 Å². The summed E-state index contributed by atoms with van der Waals surface area (Å²) in [6, 6.07) is 23.4. The number of rotatable bonds is 2. The van der Waals surface area contributed by atoms with Crippen LogP contribution in [-0.4, -0.2) is 10.2 Å². The van der Waals surface area contributed by atoms with Gasteiger partial charge in [-0.25, -0.2) is 0 Å². The molecule has 0 aliphatic rings. The fraction of sp³-hybridized carbons (Fsp3) is 0.0909. The molecule has 3 heteroatoms. The fourth-order valence-electron chi connectivity index (χ4n) is 3.49. The maximum atomic E-state index is 10.9. The molecule has 4 rings (SSSR count). The monoisotopic (exact) mass is 346 g/mol. The number of phenolic OH excluding ortho intramolecular Hbond substituents is 2. The maximum absolute atomic E-state index is 10.9. The zero-order valence-corrected chi connectivity index (χ0v) is 15.1. The van der Waals surface area contributed by atoms with Crippen LogP contribution in [0.3, 0.4) is 0 Å². The number of fused-ring (bicyclic) bond motifs is 2. The predicted octanol–water partition coefficient (Wildman–Crippen LogP) is 5.54. The van der Waals surface area contributed by atoms with Crippen LogP contribution in [0.5, 0.6) is 11.5 Å². The molecule has 0 bridgehead atoms. The second-order valence-electron chi connectivity index (χ2n) is 6.57. The molecule has 124 valence electrons. The van der Waals surface area contributed by atoms with Gasteiger partial charge in [0, 0.05) is 27.1 Å². The van der Waals surface area contributed by atoms with Crippen LogP contribution in [0, 0.1) is 0 Å². The largest absolute Gasteiger partial charge is 0.507 e. The molecular weight excluding hydrogens is 327 g/mol. The summed E-state index contributed by atoms with van der Waals surface area (Å²) in [5.74, 6) is 0.506. The molecule has 0 aliphatic heterocycles. The minimum absolute atomic E-state index is 0.253. The third kappa shape index (κ3) is 2.45. The molecule has 0 aromatic heterocycles. The van der Waals surface area contributed by atoms with Crippen molar-refractivity contribution in [3.05, 3.63) is 83.9 Å². The van der Waals surface area contributed by atoms with Crippen LogP contribution in [0.2, 0.25) is 0 Å². The van der Waals surface area contributed by atoms with Crippen molar-refractivity contribution < 1.29 is 10.2 Å². The summed E-state index contributed by atoms with van der Waals surface area (Å²) in [5.41, 5.74) is 1.53. The van der Waals surface area contributed by atoms with Crippen LogP contribution in [0.4, 0.5) is 0 Å². The SMILES string of the molecule is CC(P)(c1ccc2ccccc2c1O)c1ccc2ccccc2c1O. The molecule has 0 fully saturated rings. The number of hydrogen-bond donors (Lipinski definition) is 2. The van der Waals surface area contributed by atoms with Gasteiger partial charge in [0.05, 0.1) is 0 Å². The second kappa shape index (κ2) is 5.75. The first kappa shape index (κ1) is 15.9. The summed E-state index contributed by atoms with van der Waals surface area (Å²) in [6.07, 6.45) is 0. The molecule has 0 amide bonds. The number of aromatic hydroxyl groups is 2. The molecule has 25 heavy (non-hydrogen) atoms. The van der Waals surface area contributed by atoms with Gasteiger partial charge in [0.15, 0.2) is 0 Å². The summed E-state index contributed by atoms with van der Waals surface area (Å²) < 4.78 is 0. The molecule has 0 radical (unpaired) electrons. The van der Waals surface area contributed by atoms with Gasteiger partial charge in [0.25, 0.3) is 0 Å². The Kier molecular flexibility index (Phi) is 3.67. The summed E-state index contributed by atoms with van der Waals surface area (Å²) in [5, 5.41) is 24.7. The van der Waals surface area contributed by atoms with Gasteiger partial charge in [-0.05, 0) is 17.7 Å². The van der Waals surface area contributed by atoms with Crippen molar-refractivity contribution in [2.45, 2.75) is 12.1 Å². The van der Waals surface area contributed by atoms with Crippen molar-refractivity contribution in [3.63, 3.8) is 0 Å². The molecule has 0 spiro atoms. The zero-order chi connectivity index (χ0) is 17.6. The first-order valence-corrected chi connectivity index (χ1v) is 8.79. The van der Waals surface area contributed by atoms with Crippen LogP contribution in [-0.2, 0) is 5.16 Å². The van der Waals surface area contributed by atoms with E-state index in [4.69, 9.17) is 0 Å². The van der Waals surface area contributed by atoms with Crippen molar-refractivity contribution in [2.24, 2.45) is 0 Å². The van der Waals surface area contributed by atoms with Crippen molar-refractivity contribution >= 4 is 30.8 Å². The summed E-state index contributed by atoms with van der Waals surface area (Å²) in [6.45, 7) is 1.99. The van der Waals surface area contributed by atoms with Crippen molar-refractivity contribution in [1.29, 1.82) is 0 Å². The topological polar surface area (TPSA) is 40.5 Å². The van der Waals surface area contributed by atoms with Crippen molar-refractivity contribution in [1.82, 2.24) is 0 Å². The van der Waals surface area contributed by atoms with E-state index in [1.165, 1.54) is 0 Å². The van der Waals surface area contributed by atoms with E-state index in [9.17, 15) is 10.2 Å². The Balaban J connectivity index is 1.96. The van der Waals surface area contributed by atoms with Crippen LogP contribution in [0.15, 0.2) is 72.8 Å². The molecule has 1 atom stereocenters. The average molecular weight is 346 g/mol. The summed E-state index contributed by atoms with van der Waals surface area (Å²) in [7, 11) is 2.79. The highest BCUT2D eigenvalue weighted by Gasteiger charge is 2.30. The lowest BCUT2D eigenvalue weighted by Crippen LogP contribution is -2.15. The van der Waals surface area contributed by atoms with Gasteiger partial charge >= 0.3 is 0 Å². The molecular formula is C22H19O2P. The Morgan fingerprint density at radius 3 is 1.48 bits per heavy atom. The summed E-state index contributed by atoms with van der Waals surface area (Å²) in [4.78, 5) is 0. The zero-order valence-electron chi connectivity index (χ0n) is 13.9. The Morgan fingerprint density at radius 2 is 1.04 bits per heavy atom. The highest BCUT2D eigenvalue weighted by molar-refractivity contribution is 7.19. The van der Waals surface area contributed by atoms with Crippen molar-refractivity contribution in [3.8, 4) is 11.5 Å². The predicted molar refractivity (Wildman–Crippen MR) is 107 cm³/mol. The third-order valence-electron chi connectivity index (χ3n) is 4.92. The van der Waals surface area contributed by atoms with Crippen LogP contribution in [0.1, 0.15) is 18.1 Å². The van der Waals surface area contributed by atoms with E-state index in [0.717, 1.165) is 32.7 Å². The molecule has 0 aliphatic carbocycles. The molecule has 0 heterocycles. The van der Waals surface area contributed by atoms with E-state index in [2.05, 4.69) is 9.24 Å².